The van der Waals surface area contributed by atoms with E-state index in [4.69, 9.17) is 9.57 Å². The van der Waals surface area contributed by atoms with E-state index in [0.29, 0.717) is 12.8 Å². The molecule has 0 aliphatic heterocycles. The van der Waals surface area contributed by atoms with Crippen LogP contribution in [0.5, 0.6) is 0 Å². The Hall–Kier alpha value is -5.28. The van der Waals surface area contributed by atoms with Crippen LogP contribution in [0.15, 0.2) is 121 Å². The molecule has 250 valence electrons. The molecule has 2 N–H and O–H groups in total. The monoisotopic (exact) mass is 649 g/mol. The summed E-state index contributed by atoms with van der Waals surface area (Å²) in [6, 6.07) is 34.1. The van der Waals surface area contributed by atoms with Crippen LogP contribution in [0.25, 0.3) is 0 Å². The molecular weight excluding hydrogens is 606 g/mol. The summed E-state index contributed by atoms with van der Waals surface area (Å²) in [5.74, 6) is -1.67. The lowest BCUT2D eigenvalue weighted by molar-refractivity contribution is -0.195. The summed E-state index contributed by atoms with van der Waals surface area (Å²) < 4.78 is 5.62. The molecule has 9 nitrogen and oxygen atoms in total. The lowest BCUT2D eigenvalue weighted by Crippen LogP contribution is -2.56. The average Bonchev–Trinajstić information content (AvgIpc) is 3.11. The van der Waals surface area contributed by atoms with Crippen molar-refractivity contribution in [1.29, 1.82) is 0 Å². The Morgan fingerprint density at radius 2 is 1.08 bits per heavy atom. The van der Waals surface area contributed by atoms with Crippen molar-refractivity contribution in [2.45, 2.75) is 64.4 Å². The number of hydrogen-bond donors (Lipinski definition) is 2. The molecule has 4 aromatic rings. The fraction of sp³-hybridized carbons (Fsp3) is 0.282. The molecule has 0 bridgehead atoms. The topological polar surface area (TPSA) is 114 Å². The van der Waals surface area contributed by atoms with E-state index in [-0.39, 0.29) is 32.0 Å². The van der Waals surface area contributed by atoms with E-state index in [1.807, 2.05) is 135 Å². The van der Waals surface area contributed by atoms with Gasteiger partial charge < -0.3 is 15.4 Å². The van der Waals surface area contributed by atoms with E-state index >= 15 is 0 Å². The number of carbonyl (C=O) groups excluding carboxylic acids is 4. The summed E-state index contributed by atoms with van der Waals surface area (Å²) >= 11 is 0. The third-order valence-corrected chi connectivity index (χ3v) is 7.66. The maximum absolute atomic E-state index is 14.0. The molecule has 4 rings (SSSR count). The molecule has 0 saturated carbocycles. The normalized spacial score (nSPS) is 12.7. The van der Waals surface area contributed by atoms with Gasteiger partial charge in [0, 0.05) is 12.8 Å². The van der Waals surface area contributed by atoms with Crippen molar-refractivity contribution in [1.82, 2.24) is 15.7 Å². The highest BCUT2D eigenvalue weighted by atomic mass is 16.7. The fourth-order valence-electron chi connectivity index (χ4n) is 5.17. The molecule has 0 aliphatic carbocycles. The van der Waals surface area contributed by atoms with Crippen LogP contribution in [0.2, 0.25) is 0 Å². The van der Waals surface area contributed by atoms with Gasteiger partial charge in [-0.2, -0.15) is 0 Å². The summed E-state index contributed by atoms with van der Waals surface area (Å²) in [4.78, 5) is 59.3. The van der Waals surface area contributed by atoms with E-state index < -0.39 is 35.9 Å². The van der Waals surface area contributed by atoms with Gasteiger partial charge in [-0.25, -0.2) is 9.86 Å². The smallest absolute Gasteiger partial charge is 0.329 e. The Balaban J connectivity index is 1.53. The number of benzene rings is 4. The molecule has 0 aliphatic rings. The van der Waals surface area contributed by atoms with Gasteiger partial charge >= 0.3 is 5.97 Å². The molecule has 0 heterocycles. The number of esters is 1. The number of ether oxygens (including phenoxy) is 1. The third kappa shape index (κ3) is 11.5. The highest BCUT2D eigenvalue weighted by molar-refractivity contribution is 5.92. The van der Waals surface area contributed by atoms with Crippen LogP contribution in [0.3, 0.4) is 0 Å². The molecule has 9 heteroatoms. The Morgan fingerprint density at radius 1 is 0.625 bits per heavy atom. The Morgan fingerprint density at radius 3 is 1.58 bits per heavy atom. The predicted molar refractivity (Wildman–Crippen MR) is 183 cm³/mol. The minimum atomic E-state index is -1.08. The van der Waals surface area contributed by atoms with Gasteiger partial charge in [0.2, 0.25) is 18.2 Å². The van der Waals surface area contributed by atoms with Crippen LogP contribution in [0.4, 0.5) is 0 Å². The largest absolute Gasteiger partial charge is 0.459 e. The number of nitrogens with one attached hydrogen (secondary N) is 2. The molecule has 3 amide bonds. The van der Waals surface area contributed by atoms with E-state index in [2.05, 4.69) is 10.6 Å². The highest BCUT2D eigenvalue weighted by Gasteiger charge is 2.33. The van der Waals surface area contributed by atoms with E-state index in [1.54, 1.807) is 0 Å². The molecule has 0 aromatic heterocycles. The van der Waals surface area contributed by atoms with Gasteiger partial charge in [-0.3, -0.25) is 19.2 Å². The van der Waals surface area contributed by atoms with Crippen LogP contribution in [0.1, 0.15) is 42.5 Å². The number of carbonyl (C=O) groups is 4. The number of nitrogens with zero attached hydrogens (tertiary/aromatic N) is 1. The fourth-order valence-corrected chi connectivity index (χ4v) is 5.17. The lowest BCUT2D eigenvalue weighted by atomic mass is 10.00. The second kappa shape index (κ2) is 18.8. The summed E-state index contributed by atoms with van der Waals surface area (Å²) in [5.41, 5.74) is 3.29. The molecule has 48 heavy (non-hydrogen) atoms. The van der Waals surface area contributed by atoms with Gasteiger partial charge in [-0.15, -0.1) is 0 Å². The van der Waals surface area contributed by atoms with Crippen molar-refractivity contribution in [3.8, 4) is 0 Å². The Kier molecular flexibility index (Phi) is 13.9. The second-order valence-corrected chi connectivity index (χ2v) is 12.0. The third-order valence-electron chi connectivity index (χ3n) is 7.66. The first kappa shape index (κ1) is 35.6. The predicted octanol–water partition coefficient (Wildman–Crippen LogP) is 5.19. The number of hydroxylamine groups is 2. The van der Waals surface area contributed by atoms with E-state index in [1.165, 1.54) is 0 Å². The van der Waals surface area contributed by atoms with Gasteiger partial charge in [0.15, 0.2) is 0 Å². The van der Waals surface area contributed by atoms with Crippen molar-refractivity contribution in [3.05, 3.63) is 144 Å². The van der Waals surface area contributed by atoms with Gasteiger partial charge in [-0.1, -0.05) is 135 Å². The van der Waals surface area contributed by atoms with E-state index in [0.717, 1.165) is 27.3 Å². The lowest BCUT2D eigenvalue weighted by Gasteiger charge is -2.29. The maximum Gasteiger partial charge on any atom is 0.329 e. The molecule has 1 unspecified atom stereocenters. The van der Waals surface area contributed by atoms with Crippen molar-refractivity contribution >= 4 is 24.2 Å². The molecule has 0 saturated heterocycles. The Labute approximate surface area is 282 Å². The van der Waals surface area contributed by atoms with Gasteiger partial charge in [0.05, 0.1) is 0 Å². The molecule has 0 radical (unpaired) electrons. The van der Waals surface area contributed by atoms with Crippen LogP contribution in [-0.2, 0) is 54.8 Å². The minimum absolute atomic E-state index is 0.0164. The Bertz CT molecular complexity index is 1570. The molecule has 3 atom stereocenters. The first-order valence-electron chi connectivity index (χ1n) is 16.1. The number of rotatable bonds is 18. The SMILES string of the molecule is CC(C)C[C@H](NC(=O)C(Cc1ccccc1)N(C=O)OCc1ccccc1)C(=O)N[C@@H](Cc1ccccc1)C(=O)OCc1ccccc1. The minimum Gasteiger partial charge on any atom is -0.459 e. The number of hydrogen-bond acceptors (Lipinski definition) is 6. The van der Waals surface area contributed by atoms with Crippen molar-refractivity contribution in [2.75, 3.05) is 0 Å². The van der Waals surface area contributed by atoms with Crippen LogP contribution in [0, 0.1) is 5.92 Å². The molecule has 0 fully saturated rings. The summed E-state index contributed by atoms with van der Waals surface area (Å²) in [5, 5.41) is 6.71. The van der Waals surface area contributed by atoms with Gasteiger partial charge in [0.1, 0.15) is 31.3 Å². The van der Waals surface area contributed by atoms with E-state index in [9.17, 15) is 19.2 Å². The second-order valence-electron chi connectivity index (χ2n) is 12.0. The molecule has 4 aromatic carbocycles. The zero-order chi connectivity index (χ0) is 34.1. The first-order valence-corrected chi connectivity index (χ1v) is 16.1. The van der Waals surface area contributed by atoms with Crippen molar-refractivity contribution < 1.29 is 28.8 Å². The molecule has 0 spiro atoms. The van der Waals surface area contributed by atoms with Crippen LogP contribution < -0.4 is 10.6 Å². The van der Waals surface area contributed by atoms with Crippen molar-refractivity contribution in [2.24, 2.45) is 5.92 Å². The van der Waals surface area contributed by atoms with Crippen LogP contribution in [-0.4, -0.2) is 47.4 Å². The quantitative estimate of drug-likeness (QED) is 0.0872. The average molecular weight is 650 g/mol. The molecular formula is C39H43N3O6. The van der Waals surface area contributed by atoms with Crippen molar-refractivity contribution in [3.63, 3.8) is 0 Å². The summed E-state index contributed by atoms with van der Waals surface area (Å²) in [6.45, 7) is 3.99. The zero-order valence-electron chi connectivity index (χ0n) is 27.4. The van der Waals surface area contributed by atoms with Gasteiger partial charge in [0.25, 0.3) is 0 Å². The first-order chi connectivity index (χ1) is 23.3. The van der Waals surface area contributed by atoms with Gasteiger partial charge in [-0.05, 0) is 34.6 Å². The number of amides is 3. The summed E-state index contributed by atoms with van der Waals surface area (Å²) in [6.07, 6.45) is 1.12. The maximum atomic E-state index is 14.0. The summed E-state index contributed by atoms with van der Waals surface area (Å²) in [7, 11) is 0. The van der Waals surface area contributed by atoms with Crippen LogP contribution >= 0.6 is 0 Å². The standard InChI is InChI=1S/C39H43N3O6/c1-29(2)23-34(37(44)41-35(24-30-15-7-3-8-16-30)39(46)47-26-32-19-11-5-12-20-32)40-38(45)36(25-31-17-9-4-10-18-31)42(28-43)48-27-33-21-13-6-14-22-33/h3-22,28-29,34-36H,23-27H2,1-2H3,(H,40,45)(H,41,44)/t34-,35-,36?/m0/s1. The zero-order valence-corrected chi connectivity index (χ0v) is 27.4. The highest BCUT2D eigenvalue weighted by Crippen LogP contribution is 2.14.